The highest BCUT2D eigenvalue weighted by Crippen LogP contribution is 2.27. The Morgan fingerprint density at radius 3 is 2.71 bits per heavy atom. The molecule has 0 radical (unpaired) electrons. The maximum Gasteiger partial charge on any atom is 0.220 e. The molecule has 1 fully saturated rings. The molecule has 1 rings (SSSR count). The number of halogens is 1. The van der Waals surface area contributed by atoms with Crippen LogP contribution in [0.3, 0.4) is 0 Å². The summed E-state index contributed by atoms with van der Waals surface area (Å²) in [5.41, 5.74) is 0. The van der Waals surface area contributed by atoms with Crippen molar-refractivity contribution in [3.8, 4) is 0 Å². The molecule has 0 bridgehead atoms. The minimum Gasteiger partial charge on any atom is -0.353 e. The van der Waals surface area contributed by atoms with Crippen LogP contribution in [-0.2, 0) is 4.79 Å². The zero-order valence-corrected chi connectivity index (χ0v) is 9.65. The average Bonchev–Trinajstić information content (AvgIpc) is 2.67. The van der Waals surface area contributed by atoms with Gasteiger partial charge in [-0.1, -0.05) is 12.8 Å². The van der Waals surface area contributed by atoms with E-state index >= 15 is 0 Å². The van der Waals surface area contributed by atoms with Gasteiger partial charge in [0.1, 0.15) is 0 Å². The van der Waals surface area contributed by atoms with Gasteiger partial charge in [-0.3, -0.25) is 4.79 Å². The topological polar surface area (TPSA) is 29.1 Å². The fourth-order valence-corrected chi connectivity index (χ4v) is 2.26. The van der Waals surface area contributed by atoms with E-state index in [0.29, 0.717) is 24.3 Å². The van der Waals surface area contributed by atoms with E-state index in [0.717, 1.165) is 6.42 Å². The van der Waals surface area contributed by atoms with Crippen LogP contribution in [0.15, 0.2) is 0 Å². The third kappa shape index (κ3) is 3.87. The molecule has 3 heteroatoms. The summed E-state index contributed by atoms with van der Waals surface area (Å²) in [4.78, 5) is 11.4. The van der Waals surface area contributed by atoms with Crippen molar-refractivity contribution >= 4 is 17.5 Å². The van der Waals surface area contributed by atoms with E-state index in [-0.39, 0.29) is 5.91 Å². The van der Waals surface area contributed by atoms with Gasteiger partial charge >= 0.3 is 0 Å². The summed E-state index contributed by atoms with van der Waals surface area (Å²) in [5.74, 6) is 1.44. The molecule has 0 aromatic heterocycles. The molecule has 1 atom stereocenters. The highest BCUT2D eigenvalue weighted by molar-refractivity contribution is 6.17. The molecule has 2 nitrogen and oxygen atoms in total. The minimum atomic E-state index is 0.157. The Kier molecular flexibility index (Phi) is 5.31. The monoisotopic (exact) mass is 217 g/mol. The second-order valence-corrected chi connectivity index (χ2v) is 4.57. The largest absolute Gasteiger partial charge is 0.353 e. The highest BCUT2D eigenvalue weighted by Gasteiger charge is 2.22. The first-order chi connectivity index (χ1) is 6.74. The fraction of sp³-hybridized carbons (Fsp3) is 0.909. The summed E-state index contributed by atoms with van der Waals surface area (Å²) >= 11 is 5.53. The van der Waals surface area contributed by atoms with Crippen molar-refractivity contribution < 1.29 is 4.79 Å². The molecule has 0 unspecified atom stereocenters. The van der Waals surface area contributed by atoms with Crippen LogP contribution in [0, 0.1) is 5.92 Å². The first kappa shape index (κ1) is 11.8. The quantitative estimate of drug-likeness (QED) is 0.705. The molecule has 82 valence electrons. The molecule has 0 spiro atoms. The molecule has 1 amide bonds. The predicted molar refractivity (Wildman–Crippen MR) is 59.5 cm³/mol. The van der Waals surface area contributed by atoms with E-state index in [4.69, 9.17) is 11.6 Å². The maximum atomic E-state index is 11.4. The molecule has 1 aliphatic rings. The number of carbonyl (C=O) groups excluding carboxylic acids is 1. The van der Waals surface area contributed by atoms with Crippen molar-refractivity contribution in [1.29, 1.82) is 0 Å². The number of amides is 1. The van der Waals surface area contributed by atoms with Crippen molar-refractivity contribution in [2.24, 2.45) is 5.92 Å². The minimum absolute atomic E-state index is 0.157. The summed E-state index contributed by atoms with van der Waals surface area (Å²) in [6.07, 6.45) is 6.55. The SMILES string of the molecule is C[C@H](NC(=O)CCCCl)C1CCCC1. The first-order valence-corrected chi connectivity index (χ1v) is 6.13. The zero-order chi connectivity index (χ0) is 10.4. The van der Waals surface area contributed by atoms with Gasteiger partial charge in [0.2, 0.25) is 5.91 Å². The Morgan fingerprint density at radius 1 is 1.50 bits per heavy atom. The third-order valence-electron chi connectivity index (χ3n) is 3.03. The zero-order valence-electron chi connectivity index (χ0n) is 8.89. The van der Waals surface area contributed by atoms with Crippen molar-refractivity contribution in [2.45, 2.75) is 51.5 Å². The molecule has 1 N–H and O–H groups in total. The van der Waals surface area contributed by atoms with Gasteiger partial charge in [0.25, 0.3) is 0 Å². The molecular weight excluding hydrogens is 198 g/mol. The Bertz CT molecular complexity index is 178. The molecule has 1 saturated carbocycles. The molecule has 0 aliphatic heterocycles. The summed E-state index contributed by atoms with van der Waals surface area (Å²) in [6.45, 7) is 2.12. The van der Waals surface area contributed by atoms with Crippen LogP contribution in [0.5, 0.6) is 0 Å². The van der Waals surface area contributed by atoms with Crippen LogP contribution < -0.4 is 5.32 Å². The van der Waals surface area contributed by atoms with Gasteiger partial charge in [-0.05, 0) is 32.1 Å². The number of carbonyl (C=O) groups is 1. The molecule has 0 aromatic rings. The van der Waals surface area contributed by atoms with E-state index in [1.54, 1.807) is 0 Å². The molecule has 0 heterocycles. The van der Waals surface area contributed by atoms with Crippen LogP contribution in [0.2, 0.25) is 0 Å². The van der Waals surface area contributed by atoms with Gasteiger partial charge < -0.3 is 5.32 Å². The molecular formula is C11H20ClNO. The smallest absolute Gasteiger partial charge is 0.220 e. The second kappa shape index (κ2) is 6.28. The van der Waals surface area contributed by atoms with Crippen LogP contribution in [0.25, 0.3) is 0 Å². The highest BCUT2D eigenvalue weighted by atomic mass is 35.5. The predicted octanol–water partition coefficient (Wildman–Crippen LogP) is 2.70. The third-order valence-corrected chi connectivity index (χ3v) is 3.30. The summed E-state index contributed by atoms with van der Waals surface area (Å²) < 4.78 is 0. The van der Waals surface area contributed by atoms with E-state index in [2.05, 4.69) is 12.2 Å². The number of alkyl halides is 1. The lowest BCUT2D eigenvalue weighted by Crippen LogP contribution is -2.37. The Hall–Kier alpha value is -0.240. The molecule has 14 heavy (non-hydrogen) atoms. The van der Waals surface area contributed by atoms with Crippen molar-refractivity contribution in [2.75, 3.05) is 5.88 Å². The maximum absolute atomic E-state index is 11.4. The van der Waals surface area contributed by atoms with Gasteiger partial charge in [0, 0.05) is 18.3 Å². The van der Waals surface area contributed by atoms with Crippen LogP contribution in [0.1, 0.15) is 45.4 Å². The number of nitrogens with one attached hydrogen (secondary N) is 1. The average molecular weight is 218 g/mol. The lowest BCUT2D eigenvalue weighted by atomic mass is 10.00. The lowest BCUT2D eigenvalue weighted by molar-refractivity contribution is -0.122. The van der Waals surface area contributed by atoms with Crippen LogP contribution in [0.4, 0.5) is 0 Å². The van der Waals surface area contributed by atoms with Crippen molar-refractivity contribution in [3.63, 3.8) is 0 Å². The Balaban J connectivity index is 2.18. The van der Waals surface area contributed by atoms with Gasteiger partial charge in [-0.25, -0.2) is 0 Å². The summed E-state index contributed by atoms with van der Waals surface area (Å²) in [6, 6.07) is 0.348. The number of hydrogen-bond donors (Lipinski definition) is 1. The number of rotatable bonds is 5. The van der Waals surface area contributed by atoms with Gasteiger partial charge in [0.15, 0.2) is 0 Å². The van der Waals surface area contributed by atoms with E-state index in [1.807, 2.05) is 0 Å². The van der Waals surface area contributed by atoms with Crippen LogP contribution >= 0.6 is 11.6 Å². The molecule has 0 aromatic carbocycles. The van der Waals surface area contributed by atoms with Crippen molar-refractivity contribution in [1.82, 2.24) is 5.32 Å². The molecule has 1 aliphatic carbocycles. The Labute approximate surface area is 91.4 Å². The van der Waals surface area contributed by atoms with E-state index in [1.165, 1.54) is 25.7 Å². The van der Waals surface area contributed by atoms with Crippen molar-refractivity contribution in [3.05, 3.63) is 0 Å². The lowest BCUT2D eigenvalue weighted by Gasteiger charge is -2.20. The van der Waals surface area contributed by atoms with Gasteiger partial charge in [0.05, 0.1) is 0 Å². The Morgan fingerprint density at radius 2 is 2.14 bits per heavy atom. The summed E-state index contributed by atoms with van der Waals surface area (Å²) in [5, 5.41) is 3.06. The normalized spacial score (nSPS) is 19.6. The summed E-state index contributed by atoms with van der Waals surface area (Å²) in [7, 11) is 0. The van der Waals surface area contributed by atoms with E-state index in [9.17, 15) is 4.79 Å². The second-order valence-electron chi connectivity index (χ2n) is 4.19. The fourth-order valence-electron chi connectivity index (χ4n) is 2.13. The molecule has 0 saturated heterocycles. The van der Waals surface area contributed by atoms with Gasteiger partial charge in [-0.15, -0.1) is 11.6 Å². The first-order valence-electron chi connectivity index (χ1n) is 5.59. The van der Waals surface area contributed by atoms with E-state index < -0.39 is 0 Å². The standard InChI is InChI=1S/C11H20ClNO/c1-9(10-5-2-3-6-10)13-11(14)7-4-8-12/h9-10H,2-8H2,1H3,(H,13,14)/t9-/m0/s1. The van der Waals surface area contributed by atoms with Gasteiger partial charge in [-0.2, -0.15) is 0 Å². The van der Waals surface area contributed by atoms with Crippen LogP contribution in [-0.4, -0.2) is 17.8 Å². The number of hydrogen-bond acceptors (Lipinski definition) is 1.